The summed E-state index contributed by atoms with van der Waals surface area (Å²) in [5, 5.41) is 38.2. The first-order chi connectivity index (χ1) is 8.67. The Labute approximate surface area is 108 Å². The minimum atomic E-state index is -4.78. The van der Waals surface area contributed by atoms with E-state index < -0.39 is 51.2 Å². The molecule has 10 nitrogen and oxygen atoms in total. The smallest absolute Gasteiger partial charge is 0.388 e. The van der Waals surface area contributed by atoms with Crippen molar-refractivity contribution in [3.05, 3.63) is 0 Å². The van der Waals surface area contributed by atoms with Crippen LogP contribution >= 0.6 is 7.82 Å². The van der Waals surface area contributed by atoms with Crippen LogP contribution < -0.4 is 0 Å². The topological polar surface area (TPSA) is 166 Å². The Morgan fingerprint density at radius 1 is 1.21 bits per heavy atom. The van der Waals surface area contributed by atoms with Gasteiger partial charge in [0.2, 0.25) is 0 Å². The minimum absolute atomic E-state index is 0.828. The molecule has 0 radical (unpaired) electrons. The number of hydrogen-bond donors (Lipinski definition) is 6. The summed E-state index contributed by atoms with van der Waals surface area (Å²) in [5.41, 5.74) is 0. The average molecular weight is 304 g/mol. The molecule has 1 aliphatic heterocycles. The molecule has 1 saturated heterocycles. The second-order valence-electron chi connectivity index (χ2n) is 4.03. The molecule has 114 valence electrons. The molecule has 19 heavy (non-hydrogen) atoms. The van der Waals surface area contributed by atoms with Crippen LogP contribution in [0.2, 0.25) is 0 Å². The van der Waals surface area contributed by atoms with Crippen molar-refractivity contribution in [1.29, 1.82) is 0 Å². The van der Waals surface area contributed by atoms with Gasteiger partial charge in [-0.15, -0.1) is 0 Å². The third-order valence-electron chi connectivity index (χ3n) is 2.63. The van der Waals surface area contributed by atoms with E-state index in [9.17, 15) is 25.0 Å². The van der Waals surface area contributed by atoms with E-state index in [0.717, 1.165) is 0 Å². The van der Waals surface area contributed by atoms with Crippen LogP contribution in [-0.2, 0) is 18.6 Å². The molecule has 0 bridgehead atoms. The lowest BCUT2D eigenvalue weighted by atomic mass is 9.95. The fourth-order valence-electron chi connectivity index (χ4n) is 1.65. The highest BCUT2D eigenvalue weighted by Crippen LogP contribution is 2.36. The van der Waals surface area contributed by atoms with Gasteiger partial charge >= 0.3 is 7.82 Å². The summed E-state index contributed by atoms with van der Waals surface area (Å²) < 4.78 is 24.2. The van der Waals surface area contributed by atoms with Gasteiger partial charge in [0.25, 0.3) is 0 Å². The maximum absolute atomic E-state index is 10.5. The molecule has 0 saturated carbocycles. The molecule has 0 aromatic rings. The first kappa shape index (κ1) is 16.9. The van der Waals surface area contributed by atoms with Crippen LogP contribution in [0.25, 0.3) is 0 Å². The maximum Gasteiger partial charge on any atom is 0.469 e. The summed E-state index contributed by atoms with van der Waals surface area (Å²) in [6.45, 7) is -0.828. The van der Waals surface area contributed by atoms with E-state index in [2.05, 4.69) is 4.52 Å². The van der Waals surface area contributed by atoms with E-state index in [1.165, 1.54) is 7.11 Å². The fourth-order valence-corrected chi connectivity index (χ4v) is 2.00. The number of rotatable bonds is 5. The van der Waals surface area contributed by atoms with E-state index in [0.29, 0.717) is 0 Å². The molecule has 1 aliphatic rings. The van der Waals surface area contributed by atoms with Crippen LogP contribution in [0.15, 0.2) is 0 Å². The van der Waals surface area contributed by atoms with E-state index in [1.807, 2.05) is 0 Å². The minimum Gasteiger partial charge on any atom is -0.388 e. The first-order valence-corrected chi connectivity index (χ1v) is 6.81. The number of hydrogen-bond acceptors (Lipinski definition) is 8. The van der Waals surface area contributed by atoms with Gasteiger partial charge in [0.05, 0.1) is 6.61 Å². The highest BCUT2D eigenvalue weighted by atomic mass is 31.2. The zero-order valence-electron chi connectivity index (χ0n) is 9.93. The van der Waals surface area contributed by atoms with Gasteiger partial charge in [-0.2, -0.15) is 0 Å². The first-order valence-electron chi connectivity index (χ1n) is 5.28. The van der Waals surface area contributed by atoms with Gasteiger partial charge in [-0.1, -0.05) is 0 Å². The SMILES string of the molecule is CO[C@H]1O[C@H]([C@H](O)COP(=O)(O)O)[C@@H](O)[C@H](O)[C@@H]1O. The lowest BCUT2D eigenvalue weighted by Gasteiger charge is -2.41. The largest absolute Gasteiger partial charge is 0.469 e. The molecular weight excluding hydrogens is 287 g/mol. The van der Waals surface area contributed by atoms with Gasteiger partial charge in [0.1, 0.15) is 30.5 Å². The summed E-state index contributed by atoms with van der Waals surface area (Å²) in [5.74, 6) is 0. The molecule has 0 aromatic carbocycles. The molecule has 6 atom stereocenters. The number of phosphoric acid groups is 1. The van der Waals surface area contributed by atoms with Crippen LogP contribution in [0.4, 0.5) is 0 Å². The van der Waals surface area contributed by atoms with Crippen molar-refractivity contribution in [3.8, 4) is 0 Å². The summed E-state index contributed by atoms with van der Waals surface area (Å²) in [6.07, 6.45) is -9.21. The highest BCUT2D eigenvalue weighted by molar-refractivity contribution is 7.46. The molecular formula is C8H17O10P. The average Bonchev–Trinajstić information content (AvgIpc) is 2.33. The molecule has 6 N–H and O–H groups in total. The molecule has 0 spiro atoms. The lowest BCUT2D eigenvalue weighted by molar-refractivity contribution is -0.305. The number of aliphatic hydroxyl groups is 4. The van der Waals surface area contributed by atoms with Gasteiger partial charge in [-0.25, -0.2) is 4.57 Å². The number of ether oxygens (including phenoxy) is 2. The highest BCUT2D eigenvalue weighted by Gasteiger charge is 2.46. The second kappa shape index (κ2) is 6.55. The van der Waals surface area contributed by atoms with Crippen molar-refractivity contribution in [2.24, 2.45) is 0 Å². The normalized spacial score (nSPS) is 38.2. The molecule has 11 heteroatoms. The van der Waals surface area contributed by atoms with Crippen LogP contribution in [0.1, 0.15) is 0 Å². The third kappa shape index (κ3) is 4.43. The van der Waals surface area contributed by atoms with E-state index in [1.54, 1.807) is 0 Å². The zero-order valence-corrected chi connectivity index (χ0v) is 10.8. The number of methoxy groups -OCH3 is 1. The van der Waals surface area contributed by atoms with Crippen molar-refractivity contribution in [2.75, 3.05) is 13.7 Å². The van der Waals surface area contributed by atoms with Gasteiger partial charge < -0.3 is 39.7 Å². The summed E-state index contributed by atoms with van der Waals surface area (Å²) >= 11 is 0. The third-order valence-corrected chi connectivity index (χ3v) is 3.12. The number of phosphoric ester groups is 1. The van der Waals surface area contributed by atoms with E-state index >= 15 is 0 Å². The van der Waals surface area contributed by atoms with Crippen molar-refractivity contribution in [2.45, 2.75) is 36.8 Å². The van der Waals surface area contributed by atoms with Crippen molar-refractivity contribution < 1.29 is 48.8 Å². The van der Waals surface area contributed by atoms with Crippen LogP contribution in [0.3, 0.4) is 0 Å². The van der Waals surface area contributed by atoms with Crippen molar-refractivity contribution in [3.63, 3.8) is 0 Å². The van der Waals surface area contributed by atoms with Crippen LogP contribution in [0, 0.1) is 0 Å². The Morgan fingerprint density at radius 3 is 2.26 bits per heavy atom. The Hall–Kier alpha value is -0.130. The monoisotopic (exact) mass is 304 g/mol. The predicted molar refractivity (Wildman–Crippen MR) is 57.7 cm³/mol. The Balaban J connectivity index is 2.67. The van der Waals surface area contributed by atoms with Crippen molar-refractivity contribution >= 4 is 7.82 Å². The quantitative estimate of drug-likeness (QED) is 0.286. The molecule has 0 aliphatic carbocycles. The molecule has 1 rings (SSSR count). The van der Waals surface area contributed by atoms with Gasteiger partial charge in [-0.05, 0) is 0 Å². The molecule has 1 heterocycles. The van der Waals surface area contributed by atoms with Crippen LogP contribution in [-0.4, -0.2) is 80.7 Å². The lowest BCUT2D eigenvalue weighted by Crippen LogP contribution is -2.61. The van der Waals surface area contributed by atoms with Gasteiger partial charge in [0, 0.05) is 7.11 Å². The van der Waals surface area contributed by atoms with E-state index in [-0.39, 0.29) is 0 Å². The molecule has 0 amide bonds. The Morgan fingerprint density at radius 2 is 1.79 bits per heavy atom. The Kier molecular flexibility index (Phi) is 5.83. The van der Waals surface area contributed by atoms with E-state index in [4.69, 9.17) is 19.3 Å². The summed E-state index contributed by atoms with van der Waals surface area (Å²) in [7, 11) is -3.61. The second-order valence-corrected chi connectivity index (χ2v) is 5.27. The molecule has 0 aromatic heterocycles. The predicted octanol–water partition coefficient (Wildman–Crippen LogP) is -3.09. The van der Waals surface area contributed by atoms with Gasteiger partial charge in [-0.3, -0.25) is 4.52 Å². The standard InChI is InChI=1S/C8H17O10P/c1-16-8-6(12)4(10)5(11)7(18-8)3(9)2-17-19(13,14)15/h3-12H,2H2,1H3,(H2,13,14,15)/t3-,4+,5+,6+,7-,8+/m1/s1. The number of aliphatic hydroxyl groups excluding tert-OH is 4. The summed E-state index contributed by atoms with van der Waals surface area (Å²) in [6, 6.07) is 0. The fraction of sp³-hybridized carbons (Fsp3) is 1.00. The zero-order chi connectivity index (χ0) is 14.8. The van der Waals surface area contributed by atoms with Crippen molar-refractivity contribution in [1.82, 2.24) is 0 Å². The maximum atomic E-state index is 10.5. The molecule has 1 fully saturated rings. The Bertz CT molecular complexity index is 329. The van der Waals surface area contributed by atoms with Gasteiger partial charge in [0.15, 0.2) is 6.29 Å². The summed E-state index contributed by atoms with van der Waals surface area (Å²) in [4.78, 5) is 17.0. The molecule has 0 unspecified atom stereocenters. The van der Waals surface area contributed by atoms with Crippen LogP contribution in [0.5, 0.6) is 0 Å².